The summed E-state index contributed by atoms with van der Waals surface area (Å²) in [7, 11) is 2.98. The highest BCUT2D eigenvalue weighted by Crippen LogP contribution is 2.27. The number of carboxylic acids is 1. The lowest BCUT2D eigenvalue weighted by atomic mass is 10.0. The van der Waals surface area contributed by atoms with Crippen molar-refractivity contribution < 1.29 is 43.8 Å². The number of nitrogens with one attached hydrogen (secondary N) is 4. The average Bonchev–Trinajstić information content (AvgIpc) is 3.77. The maximum absolute atomic E-state index is 13.4. The van der Waals surface area contributed by atoms with Crippen molar-refractivity contribution in [1.82, 2.24) is 31.1 Å². The Labute approximate surface area is 306 Å². The Hall–Kier alpha value is -3.83. The Kier molecular flexibility index (Phi) is 17.5. The topological polar surface area (TPSA) is 215 Å². The minimum atomic E-state index is -1.38. The van der Waals surface area contributed by atoms with E-state index in [1.54, 1.807) is 35.2 Å². The molecular weight excluding hydrogens is 701 g/mol. The summed E-state index contributed by atoms with van der Waals surface area (Å²) in [6.07, 6.45) is 2.07. The van der Waals surface area contributed by atoms with Gasteiger partial charge in [-0.1, -0.05) is 51.9 Å². The molecule has 0 aliphatic carbocycles. The van der Waals surface area contributed by atoms with Crippen LogP contribution >= 0.6 is 21.6 Å². The first-order valence-electron chi connectivity index (χ1n) is 17.3. The summed E-state index contributed by atoms with van der Waals surface area (Å²) in [5.74, 6) is -2.31. The summed E-state index contributed by atoms with van der Waals surface area (Å²) in [4.78, 5) is 91.4. The van der Waals surface area contributed by atoms with Crippen LogP contribution in [0.25, 0.3) is 0 Å². The number of amides is 6. The Morgan fingerprint density at radius 3 is 2.22 bits per heavy atom. The van der Waals surface area contributed by atoms with Crippen LogP contribution < -0.4 is 21.3 Å². The SMILES string of the molecule is CC(O)C(NC=O)C(=O)NC(CCC(=O)O)C(=O)NC(Cc1ccccc1)C(=O)NCCSSCCC(=O)N1CCC[C@H]1C(=O)N1CCCC1C. The van der Waals surface area contributed by atoms with E-state index in [2.05, 4.69) is 28.2 Å². The van der Waals surface area contributed by atoms with Gasteiger partial charge in [0.1, 0.15) is 24.2 Å². The van der Waals surface area contributed by atoms with Crippen LogP contribution in [0, 0.1) is 0 Å². The highest BCUT2D eigenvalue weighted by Gasteiger charge is 2.38. The van der Waals surface area contributed by atoms with Crippen molar-refractivity contribution in [2.75, 3.05) is 31.1 Å². The number of carboxylic acid groups (broad SMARTS) is 1. The second kappa shape index (κ2) is 21.5. The number of hydrogen-bond acceptors (Lipinski definition) is 10. The first kappa shape index (κ1) is 41.6. The largest absolute Gasteiger partial charge is 0.481 e. The third kappa shape index (κ3) is 13.3. The summed E-state index contributed by atoms with van der Waals surface area (Å²) in [6, 6.07) is 4.96. The van der Waals surface area contributed by atoms with E-state index >= 15 is 0 Å². The lowest BCUT2D eigenvalue weighted by Crippen LogP contribution is -2.58. The van der Waals surface area contributed by atoms with Gasteiger partial charge < -0.3 is 41.3 Å². The molecule has 51 heavy (non-hydrogen) atoms. The van der Waals surface area contributed by atoms with E-state index in [9.17, 15) is 43.8 Å². The van der Waals surface area contributed by atoms with E-state index < -0.39 is 54.3 Å². The molecule has 0 radical (unpaired) electrons. The molecule has 17 heteroatoms. The quantitative estimate of drug-likeness (QED) is 0.0577. The van der Waals surface area contributed by atoms with Crippen LogP contribution in [0.1, 0.15) is 64.4 Å². The van der Waals surface area contributed by atoms with Crippen LogP contribution in [-0.2, 0) is 40.0 Å². The highest BCUT2D eigenvalue weighted by atomic mass is 33.1. The molecule has 0 aromatic heterocycles. The number of nitrogens with zero attached hydrogens (tertiary/aromatic N) is 2. The summed E-state index contributed by atoms with van der Waals surface area (Å²) in [5, 5.41) is 29.1. The number of benzene rings is 1. The van der Waals surface area contributed by atoms with Gasteiger partial charge in [0.15, 0.2) is 0 Å². The van der Waals surface area contributed by atoms with Crippen molar-refractivity contribution in [3.05, 3.63) is 35.9 Å². The molecule has 1 aromatic carbocycles. The molecule has 2 aliphatic heterocycles. The molecule has 282 valence electrons. The number of rotatable bonds is 21. The fourth-order valence-corrected chi connectivity index (χ4v) is 8.03. The molecule has 0 bridgehead atoms. The third-order valence-electron chi connectivity index (χ3n) is 8.87. The number of carbonyl (C=O) groups excluding carboxylic acids is 6. The molecule has 2 fully saturated rings. The van der Waals surface area contributed by atoms with Gasteiger partial charge in [-0.05, 0) is 51.5 Å². The second-order valence-corrected chi connectivity index (χ2v) is 15.4. The van der Waals surface area contributed by atoms with E-state index in [4.69, 9.17) is 0 Å². The number of hydrogen-bond donors (Lipinski definition) is 6. The Balaban J connectivity index is 1.50. The number of aliphatic hydroxyl groups excluding tert-OH is 1. The zero-order valence-corrected chi connectivity index (χ0v) is 30.7. The summed E-state index contributed by atoms with van der Waals surface area (Å²) < 4.78 is 0. The minimum Gasteiger partial charge on any atom is -0.481 e. The van der Waals surface area contributed by atoms with Gasteiger partial charge in [0.05, 0.1) is 6.10 Å². The fourth-order valence-electron chi connectivity index (χ4n) is 6.14. The molecule has 3 rings (SSSR count). The maximum Gasteiger partial charge on any atom is 0.303 e. The van der Waals surface area contributed by atoms with Crippen molar-refractivity contribution in [2.24, 2.45) is 0 Å². The lowest BCUT2D eigenvalue weighted by molar-refractivity contribution is -0.144. The fraction of sp³-hybridized carbons (Fsp3) is 0.618. The second-order valence-electron chi connectivity index (χ2n) is 12.7. The van der Waals surface area contributed by atoms with E-state index in [1.165, 1.54) is 28.5 Å². The van der Waals surface area contributed by atoms with Gasteiger partial charge in [-0.3, -0.25) is 33.6 Å². The minimum absolute atomic E-state index is 0.0298. The predicted molar refractivity (Wildman–Crippen MR) is 193 cm³/mol. The van der Waals surface area contributed by atoms with Gasteiger partial charge in [0.2, 0.25) is 35.9 Å². The van der Waals surface area contributed by atoms with Gasteiger partial charge in [-0.15, -0.1) is 0 Å². The molecule has 15 nitrogen and oxygen atoms in total. The molecule has 6 amide bonds. The molecule has 6 N–H and O–H groups in total. The van der Waals surface area contributed by atoms with Crippen molar-refractivity contribution in [3.8, 4) is 0 Å². The van der Waals surface area contributed by atoms with Crippen molar-refractivity contribution in [3.63, 3.8) is 0 Å². The zero-order valence-electron chi connectivity index (χ0n) is 29.1. The Morgan fingerprint density at radius 1 is 0.902 bits per heavy atom. The molecule has 2 aliphatic rings. The van der Waals surface area contributed by atoms with E-state index in [0.29, 0.717) is 30.9 Å². The van der Waals surface area contributed by atoms with Crippen LogP contribution in [0.2, 0.25) is 0 Å². The first-order valence-corrected chi connectivity index (χ1v) is 19.8. The van der Waals surface area contributed by atoms with Crippen molar-refractivity contribution >= 4 is 63.5 Å². The van der Waals surface area contributed by atoms with Crippen LogP contribution in [0.3, 0.4) is 0 Å². The standard InChI is InChI=1S/C34H50N6O9S2/c1-22-8-6-16-39(22)34(49)27-11-7-17-40(27)28(43)14-18-50-51-19-15-35-31(46)26(20-24-9-4-3-5-10-24)38-32(47)25(12-13-29(44)45)37-33(48)30(23(2)42)36-21-41/h3-5,9-10,21-23,25-27,30,42H,6-8,11-20H2,1-2H3,(H,35,46)(H,36,41)(H,37,48)(H,38,47)(H,44,45)/t22?,23?,25?,26?,27-,30?/m0/s1. The molecular formula is C34H50N6O9S2. The van der Waals surface area contributed by atoms with E-state index in [0.717, 1.165) is 31.4 Å². The summed E-state index contributed by atoms with van der Waals surface area (Å²) in [5.41, 5.74) is 0.750. The molecule has 1 aromatic rings. The monoisotopic (exact) mass is 750 g/mol. The molecule has 5 unspecified atom stereocenters. The van der Waals surface area contributed by atoms with E-state index in [-0.39, 0.29) is 49.7 Å². The van der Waals surface area contributed by atoms with Gasteiger partial charge >= 0.3 is 5.97 Å². The summed E-state index contributed by atoms with van der Waals surface area (Å²) in [6.45, 7) is 4.92. The van der Waals surface area contributed by atoms with E-state index in [1.807, 2.05) is 4.90 Å². The predicted octanol–water partition coefficient (Wildman–Crippen LogP) is 0.449. The average molecular weight is 751 g/mol. The molecule has 0 spiro atoms. The molecule has 2 saturated heterocycles. The molecule has 6 atom stereocenters. The van der Waals surface area contributed by atoms with Crippen LogP contribution in [0.15, 0.2) is 30.3 Å². The molecule has 0 saturated carbocycles. The van der Waals surface area contributed by atoms with Gasteiger partial charge in [-0.25, -0.2) is 0 Å². The van der Waals surface area contributed by atoms with Crippen LogP contribution in [0.5, 0.6) is 0 Å². The van der Waals surface area contributed by atoms with Crippen LogP contribution in [-0.4, -0.2) is 129 Å². The number of aliphatic hydroxyl groups is 1. The number of likely N-dealkylation sites (tertiary alicyclic amines) is 2. The van der Waals surface area contributed by atoms with Crippen molar-refractivity contribution in [1.29, 1.82) is 0 Å². The number of carbonyl (C=O) groups is 7. The lowest BCUT2D eigenvalue weighted by Gasteiger charge is -2.30. The van der Waals surface area contributed by atoms with Crippen LogP contribution in [0.4, 0.5) is 0 Å². The van der Waals surface area contributed by atoms with Gasteiger partial charge in [0, 0.05) is 56.4 Å². The zero-order chi connectivity index (χ0) is 37.3. The Bertz CT molecular complexity index is 1350. The third-order valence-corrected chi connectivity index (χ3v) is 11.3. The van der Waals surface area contributed by atoms with Gasteiger partial charge in [-0.2, -0.15) is 0 Å². The van der Waals surface area contributed by atoms with Gasteiger partial charge in [0.25, 0.3) is 0 Å². The summed E-state index contributed by atoms with van der Waals surface area (Å²) >= 11 is 0. The maximum atomic E-state index is 13.4. The molecule has 2 heterocycles. The normalized spacial score (nSPS) is 19.4. The highest BCUT2D eigenvalue weighted by molar-refractivity contribution is 8.76. The number of aliphatic carboxylic acids is 1. The smallest absolute Gasteiger partial charge is 0.303 e. The Morgan fingerprint density at radius 2 is 1.57 bits per heavy atom. The van der Waals surface area contributed by atoms with Crippen molar-refractivity contribution in [2.45, 2.75) is 102 Å². The first-order chi connectivity index (χ1) is 24.4.